The van der Waals surface area contributed by atoms with Crippen LogP contribution in [-0.4, -0.2) is 59.8 Å². The third-order valence-corrected chi connectivity index (χ3v) is 4.43. The van der Waals surface area contributed by atoms with Crippen molar-refractivity contribution >= 4 is 22.7 Å². The summed E-state index contributed by atoms with van der Waals surface area (Å²) in [6.45, 7) is -0.472. The van der Waals surface area contributed by atoms with Crippen LogP contribution in [0.5, 0.6) is 0 Å². The Morgan fingerprint density at radius 3 is 2.65 bits per heavy atom. The first kappa shape index (κ1) is 16.7. The Bertz CT molecular complexity index is 920. The highest BCUT2D eigenvalue weighted by Crippen LogP contribution is 2.38. The number of aromatic nitrogens is 4. The quantitative estimate of drug-likeness (QED) is 0.405. The number of benzene rings is 1. The summed E-state index contributed by atoms with van der Waals surface area (Å²) in [5.74, 6) is -1.47. The molecule has 0 amide bonds. The molecule has 1 fully saturated rings. The van der Waals surface area contributed by atoms with E-state index in [9.17, 15) is 15.3 Å². The third-order valence-electron chi connectivity index (χ3n) is 4.43. The minimum atomic E-state index is -1.65. The molecule has 136 valence electrons. The molecule has 3 aromatic rings. The van der Waals surface area contributed by atoms with Gasteiger partial charge < -0.3 is 31.1 Å². The summed E-state index contributed by atoms with van der Waals surface area (Å²) in [4.78, 5) is 12.3. The Labute approximate surface area is 147 Å². The summed E-state index contributed by atoms with van der Waals surface area (Å²) in [5.41, 5.74) is 7.11. The van der Waals surface area contributed by atoms with Crippen molar-refractivity contribution < 1.29 is 20.1 Å². The molecule has 10 heteroatoms. The Morgan fingerprint density at radius 1 is 1.19 bits per heavy atom. The highest BCUT2D eigenvalue weighted by Gasteiger charge is 2.56. The van der Waals surface area contributed by atoms with E-state index in [0.717, 1.165) is 0 Å². The van der Waals surface area contributed by atoms with Gasteiger partial charge in [-0.2, -0.15) is 0 Å². The molecular formula is C16H18N6O4. The van der Waals surface area contributed by atoms with Gasteiger partial charge in [0.1, 0.15) is 30.4 Å². The van der Waals surface area contributed by atoms with E-state index < -0.39 is 30.8 Å². The van der Waals surface area contributed by atoms with Crippen molar-refractivity contribution in [2.24, 2.45) is 0 Å². The lowest BCUT2D eigenvalue weighted by atomic mass is 10.1. The number of nitrogens with one attached hydrogen (secondary N) is 1. The lowest BCUT2D eigenvalue weighted by molar-refractivity contribution is -0.125. The summed E-state index contributed by atoms with van der Waals surface area (Å²) in [5, 5.41) is 33.7. The van der Waals surface area contributed by atoms with Crippen molar-refractivity contribution in [3.8, 4) is 0 Å². The van der Waals surface area contributed by atoms with Crippen molar-refractivity contribution in [1.82, 2.24) is 19.5 Å². The van der Waals surface area contributed by atoms with E-state index in [2.05, 4.69) is 20.3 Å². The summed E-state index contributed by atoms with van der Waals surface area (Å²) in [6, 6.07) is 9.01. The van der Waals surface area contributed by atoms with E-state index in [1.165, 1.54) is 17.2 Å². The van der Waals surface area contributed by atoms with Gasteiger partial charge in [-0.1, -0.05) is 18.2 Å². The fourth-order valence-electron chi connectivity index (χ4n) is 3.14. The Morgan fingerprint density at radius 2 is 1.96 bits per heavy atom. The smallest absolute Gasteiger partial charge is 0.255 e. The number of hydrogen-bond acceptors (Lipinski definition) is 9. The zero-order valence-corrected chi connectivity index (χ0v) is 13.6. The van der Waals surface area contributed by atoms with Crippen LogP contribution < -0.4 is 11.1 Å². The normalized spacial score (nSPS) is 28.5. The van der Waals surface area contributed by atoms with Gasteiger partial charge in [0.05, 0.1) is 6.61 Å². The molecule has 3 heterocycles. The zero-order valence-electron chi connectivity index (χ0n) is 13.6. The molecule has 1 aliphatic rings. The molecule has 1 aliphatic heterocycles. The summed E-state index contributed by atoms with van der Waals surface area (Å²) in [6.07, 6.45) is -1.09. The van der Waals surface area contributed by atoms with Crippen LogP contribution in [0, 0.1) is 0 Å². The summed E-state index contributed by atoms with van der Waals surface area (Å²) >= 11 is 0. The predicted molar refractivity (Wildman–Crippen MR) is 91.7 cm³/mol. The molecule has 1 aromatic carbocycles. The maximum atomic E-state index is 10.8. The van der Waals surface area contributed by atoms with Crippen molar-refractivity contribution in [3.63, 3.8) is 0 Å². The van der Waals surface area contributed by atoms with Gasteiger partial charge in [0.25, 0.3) is 5.85 Å². The van der Waals surface area contributed by atoms with Crippen molar-refractivity contribution in [1.29, 1.82) is 0 Å². The fraction of sp³-hybridized carbons (Fsp3) is 0.312. The number of nitrogen functional groups attached to an aromatic ring is 1. The maximum Gasteiger partial charge on any atom is 0.255 e. The Hall–Kier alpha value is -2.79. The van der Waals surface area contributed by atoms with E-state index in [0.29, 0.717) is 16.9 Å². The standard InChI is InChI=1S/C16H18N6O4/c17-14-11-15(19-7-18-14)22(8-20-11)16(21-9-4-2-1-3-5-9)13(25)12(24)10(6-23)26-16/h1-5,7-8,10,12-13,21,23-25H,6H2,(H2,17,18,19)/t10-,12-,13-,16+/m1/s1. The first-order chi connectivity index (χ1) is 12.6. The summed E-state index contributed by atoms with van der Waals surface area (Å²) in [7, 11) is 0. The largest absolute Gasteiger partial charge is 0.394 e. The van der Waals surface area contributed by atoms with Gasteiger partial charge in [-0.05, 0) is 12.1 Å². The molecule has 4 rings (SSSR count). The monoisotopic (exact) mass is 358 g/mol. The lowest BCUT2D eigenvalue weighted by Gasteiger charge is -2.35. The van der Waals surface area contributed by atoms with Gasteiger partial charge in [0.15, 0.2) is 17.6 Å². The fourth-order valence-corrected chi connectivity index (χ4v) is 3.14. The van der Waals surface area contributed by atoms with Crippen molar-refractivity contribution in [2.45, 2.75) is 24.2 Å². The van der Waals surface area contributed by atoms with Gasteiger partial charge in [0, 0.05) is 5.69 Å². The molecule has 0 bridgehead atoms. The molecule has 6 N–H and O–H groups in total. The van der Waals surface area contributed by atoms with Crippen LogP contribution in [0.15, 0.2) is 43.0 Å². The molecule has 0 aliphatic carbocycles. The lowest BCUT2D eigenvalue weighted by Crippen LogP contribution is -2.51. The van der Waals surface area contributed by atoms with Gasteiger partial charge in [-0.25, -0.2) is 15.0 Å². The van der Waals surface area contributed by atoms with E-state index >= 15 is 0 Å². The molecule has 0 saturated carbocycles. The number of nitrogens with two attached hydrogens (primary N) is 1. The first-order valence-electron chi connectivity index (χ1n) is 7.99. The number of imidazole rings is 1. The highest BCUT2D eigenvalue weighted by atomic mass is 16.6. The second-order valence-corrected chi connectivity index (χ2v) is 6.01. The van der Waals surface area contributed by atoms with E-state index in [1.54, 1.807) is 12.1 Å². The molecule has 2 aromatic heterocycles. The van der Waals surface area contributed by atoms with E-state index in [4.69, 9.17) is 10.5 Å². The van der Waals surface area contributed by atoms with Gasteiger partial charge >= 0.3 is 0 Å². The minimum absolute atomic E-state index is 0.176. The average Bonchev–Trinajstić information content (AvgIpc) is 3.19. The Kier molecular flexibility index (Phi) is 3.96. The average molecular weight is 358 g/mol. The summed E-state index contributed by atoms with van der Waals surface area (Å²) < 4.78 is 7.32. The molecule has 0 unspecified atom stereocenters. The van der Waals surface area contributed by atoms with Crippen LogP contribution >= 0.6 is 0 Å². The van der Waals surface area contributed by atoms with Crippen LogP contribution in [0.4, 0.5) is 11.5 Å². The number of rotatable bonds is 4. The van der Waals surface area contributed by atoms with Gasteiger partial charge in [0.2, 0.25) is 0 Å². The van der Waals surface area contributed by atoms with Crippen molar-refractivity contribution in [3.05, 3.63) is 43.0 Å². The highest BCUT2D eigenvalue weighted by molar-refractivity contribution is 5.81. The second kappa shape index (κ2) is 6.18. The number of aliphatic hydroxyl groups is 3. The van der Waals surface area contributed by atoms with Gasteiger partial charge in [-0.15, -0.1) is 0 Å². The van der Waals surface area contributed by atoms with Crippen LogP contribution in [0.25, 0.3) is 11.2 Å². The van der Waals surface area contributed by atoms with Crippen LogP contribution in [0.3, 0.4) is 0 Å². The number of aliphatic hydroxyl groups excluding tert-OH is 3. The van der Waals surface area contributed by atoms with Crippen LogP contribution in [0.1, 0.15) is 0 Å². The maximum absolute atomic E-state index is 10.8. The zero-order chi connectivity index (χ0) is 18.3. The molecule has 1 saturated heterocycles. The SMILES string of the molecule is Nc1ncnc2c1ncn2[C@]1(Nc2ccccc2)O[C@H](CO)[C@@H](O)[C@H]1O. The number of hydrogen-bond donors (Lipinski definition) is 5. The molecular weight excluding hydrogens is 340 g/mol. The number of anilines is 2. The topological polar surface area (TPSA) is 152 Å². The predicted octanol–water partition coefficient (Wildman–Crippen LogP) is -0.756. The van der Waals surface area contributed by atoms with Crippen LogP contribution in [-0.2, 0) is 10.6 Å². The minimum Gasteiger partial charge on any atom is -0.394 e. The number of ether oxygens (including phenoxy) is 1. The Balaban J connectivity index is 1.89. The van der Waals surface area contributed by atoms with Gasteiger partial charge in [-0.3, -0.25) is 4.57 Å². The molecule has 0 spiro atoms. The first-order valence-corrected chi connectivity index (χ1v) is 7.99. The van der Waals surface area contributed by atoms with Crippen molar-refractivity contribution in [2.75, 3.05) is 17.7 Å². The molecule has 0 radical (unpaired) electrons. The third kappa shape index (κ3) is 2.39. The number of para-hydroxylation sites is 1. The number of nitrogens with zero attached hydrogens (tertiary/aromatic N) is 4. The van der Waals surface area contributed by atoms with E-state index in [1.807, 2.05) is 18.2 Å². The second-order valence-electron chi connectivity index (χ2n) is 6.01. The molecule has 10 nitrogen and oxygen atoms in total. The molecule has 26 heavy (non-hydrogen) atoms. The van der Waals surface area contributed by atoms with E-state index in [-0.39, 0.29) is 5.82 Å². The number of fused-ring (bicyclic) bond motifs is 1. The van der Waals surface area contributed by atoms with Crippen LogP contribution in [0.2, 0.25) is 0 Å². The molecule has 4 atom stereocenters.